The molecule has 0 amide bonds. The Hall–Kier alpha value is -1.30. The maximum absolute atomic E-state index is 12.4. The van der Waals surface area contributed by atoms with Gasteiger partial charge in [-0.3, -0.25) is 0 Å². The smallest absolute Gasteiger partial charge is 0.219 e. The molecule has 0 N–H and O–H groups in total. The molecule has 0 aliphatic rings. The fourth-order valence-corrected chi connectivity index (χ4v) is 1.54. The molecular formula is C8H5ClF3N3. The van der Waals surface area contributed by atoms with Crippen molar-refractivity contribution in [2.45, 2.75) is 13.1 Å². The van der Waals surface area contributed by atoms with Crippen molar-refractivity contribution >= 4 is 17.2 Å². The SMILES string of the molecule is Cc1nc2c(Cl)c(C(F)(F)F)ccn2n1. The van der Waals surface area contributed by atoms with Gasteiger partial charge >= 0.3 is 6.18 Å². The van der Waals surface area contributed by atoms with Crippen molar-refractivity contribution in [1.82, 2.24) is 14.6 Å². The van der Waals surface area contributed by atoms with E-state index in [2.05, 4.69) is 10.1 Å². The number of aryl methyl sites for hydroxylation is 1. The van der Waals surface area contributed by atoms with Crippen molar-refractivity contribution in [3.05, 3.63) is 28.7 Å². The van der Waals surface area contributed by atoms with Crippen LogP contribution < -0.4 is 0 Å². The molecule has 80 valence electrons. The van der Waals surface area contributed by atoms with Crippen molar-refractivity contribution in [1.29, 1.82) is 0 Å². The van der Waals surface area contributed by atoms with Gasteiger partial charge in [-0.1, -0.05) is 11.6 Å². The highest BCUT2D eigenvalue weighted by Gasteiger charge is 2.34. The van der Waals surface area contributed by atoms with E-state index in [4.69, 9.17) is 11.6 Å². The van der Waals surface area contributed by atoms with Crippen molar-refractivity contribution in [3.8, 4) is 0 Å². The van der Waals surface area contributed by atoms with Crippen molar-refractivity contribution in [3.63, 3.8) is 0 Å². The Bertz CT molecular complexity index is 518. The summed E-state index contributed by atoms with van der Waals surface area (Å²) in [5.41, 5.74) is -0.881. The lowest BCUT2D eigenvalue weighted by molar-refractivity contribution is -0.137. The lowest BCUT2D eigenvalue weighted by Crippen LogP contribution is -2.07. The highest BCUT2D eigenvalue weighted by atomic mass is 35.5. The first-order valence-corrected chi connectivity index (χ1v) is 4.36. The third-order valence-electron chi connectivity index (χ3n) is 1.86. The zero-order chi connectivity index (χ0) is 11.2. The van der Waals surface area contributed by atoms with Crippen LogP contribution in [0.1, 0.15) is 11.4 Å². The van der Waals surface area contributed by atoms with Gasteiger partial charge in [0, 0.05) is 6.20 Å². The summed E-state index contributed by atoms with van der Waals surface area (Å²) in [7, 11) is 0. The van der Waals surface area contributed by atoms with E-state index in [0.717, 1.165) is 6.07 Å². The zero-order valence-electron chi connectivity index (χ0n) is 7.51. The summed E-state index contributed by atoms with van der Waals surface area (Å²) in [6.07, 6.45) is -3.29. The van der Waals surface area contributed by atoms with Crippen LogP contribution in [-0.2, 0) is 6.18 Å². The fraction of sp³-hybridized carbons (Fsp3) is 0.250. The minimum atomic E-state index is -4.47. The Morgan fingerprint density at radius 1 is 1.40 bits per heavy atom. The van der Waals surface area contributed by atoms with Gasteiger partial charge in [0.2, 0.25) is 0 Å². The Labute approximate surface area is 87.5 Å². The van der Waals surface area contributed by atoms with Crippen molar-refractivity contribution in [2.75, 3.05) is 0 Å². The first kappa shape index (κ1) is 10.2. The lowest BCUT2D eigenvalue weighted by Gasteiger charge is -2.08. The zero-order valence-corrected chi connectivity index (χ0v) is 8.26. The van der Waals surface area contributed by atoms with Crippen LogP contribution in [0.2, 0.25) is 5.02 Å². The monoisotopic (exact) mass is 235 g/mol. The van der Waals surface area contributed by atoms with E-state index in [1.54, 1.807) is 6.92 Å². The summed E-state index contributed by atoms with van der Waals surface area (Å²) in [5, 5.41) is 3.43. The summed E-state index contributed by atoms with van der Waals surface area (Å²) in [4.78, 5) is 3.81. The summed E-state index contributed by atoms with van der Waals surface area (Å²) >= 11 is 5.60. The van der Waals surface area contributed by atoms with Gasteiger partial charge in [0.15, 0.2) is 5.65 Å². The quantitative estimate of drug-likeness (QED) is 0.703. The van der Waals surface area contributed by atoms with Crippen LogP contribution in [0.4, 0.5) is 13.2 Å². The molecule has 15 heavy (non-hydrogen) atoms. The van der Waals surface area contributed by atoms with Crippen LogP contribution in [0.5, 0.6) is 0 Å². The average Bonchev–Trinajstić information content (AvgIpc) is 2.44. The Kier molecular flexibility index (Phi) is 2.11. The molecule has 3 nitrogen and oxygen atoms in total. The molecule has 0 spiro atoms. The first-order chi connectivity index (χ1) is 6.89. The molecule has 0 fully saturated rings. The number of rotatable bonds is 0. The summed E-state index contributed by atoms with van der Waals surface area (Å²) < 4.78 is 38.5. The summed E-state index contributed by atoms with van der Waals surface area (Å²) in [6, 6.07) is 0.878. The van der Waals surface area contributed by atoms with Gasteiger partial charge in [-0.2, -0.15) is 18.3 Å². The number of alkyl halides is 3. The highest BCUT2D eigenvalue weighted by Crippen LogP contribution is 2.35. The van der Waals surface area contributed by atoms with Gasteiger partial charge in [0.05, 0.1) is 10.6 Å². The van der Waals surface area contributed by atoms with E-state index in [0.29, 0.717) is 5.82 Å². The third-order valence-corrected chi connectivity index (χ3v) is 2.23. The van der Waals surface area contributed by atoms with E-state index in [-0.39, 0.29) is 5.65 Å². The standard InChI is InChI=1S/C8H5ClF3N3/c1-4-13-7-6(9)5(8(10,11)12)2-3-15(7)14-4/h2-3H,1H3. The highest BCUT2D eigenvalue weighted by molar-refractivity contribution is 6.34. The number of halogens is 4. The van der Waals surface area contributed by atoms with Crippen molar-refractivity contribution < 1.29 is 13.2 Å². The van der Waals surface area contributed by atoms with E-state index in [9.17, 15) is 13.2 Å². The minimum absolute atomic E-state index is 0.0176. The van der Waals surface area contributed by atoms with Gasteiger partial charge < -0.3 is 0 Å². The molecular weight excluding hydrogens is 231 g/mol. The van der Waals surface area contributed by atoms with E-state index in [1.165, 1.54) is 10.7 Å². The van der Waals surface area contributed by atoms with Gasteiger partial charge in [-0.15, -0.1) is 0 Å². The lowest BCUT2D eigenvalue weighted by atomic mass is 10.2. The van der Waals surface area contributed by atoms with Gasteiger partial charge in [-0.05, 0) is 13.0 Å². The average molecular weight is 236 g/mol. The molecule has 0 radical (unpaired) electrons. The fourth-order valence-electron chi connectivity index (χ4n) is 1.24. The molecule has 2 aromatic heterocycles. The molecule has 0 atom stereocenters. The van der Waals surface area contributed by atoms with Gasteiger partial charge in [0.25, 0.3) is 0 Å². The predicted molar refractivity (Wildman–Crippen MR) is 47.7 cm³/mol. The second kappa shape index (κ2) is 3.10. The molecule has 2 heterocycles. The second-order valence-electron chi connectivity index (χ2n) is 2.97. The number of hydrogen-bond acceptors (Lipinski definition) is 2. The second-order valence-corrected chi connectivity index (χ2v) is 3.35. The molecule has 2 aromatic rings. The van der Waals surface area contributed by atoms with Crippen molar-refractivity contribution in [2.24, 2.45) is 0 Å². The largest absolute Gasteiger partial charge is 0.418 e. The molecule has 7 heteroatoms. The molecule has 0 saturated heterocycles. The van der Waals surface area contributed by atoms with Gasteiger partial charge in [0.1, 0.15) is 5.82 Å². The summed E-state index contributed by atoms with van der Waals surface area (Å²) in [5.74, 6) is 0.372. The molecule has 0 bridgehead atoms. The molecule has 2 rings (SSSR count). The first-order valence-electron chi connectivity index (χ1n) is 3.98. The van der Waals surface area contributed by atoms with Crippen LogP contribution in [-0.4, -0.2) is 14.6 Å². The molecule has 0 aromatic carbocycles. The summed E-state index contributed by atoms with van der Waals surface area (Å²) in [6.45, 7) is 1.58. The molecule has 0 aliphatic carbocycles. The number of fused-ring (bicyclic) bond motifs is 1. The van der Waals surface area contributed by atoms with Crippen LogP contribution in [0.15, 0.2) is 12.3 Å². The number of pyridine rings is 1. The Morgan fingerprint density at radius 3 is 2.67 bits per heavy atom. The normalized spacial score (nSPS) is 12.3. The van der Waals surface area contributed by atoms with E-state index >= 15 is 0 Å². The maximum Gasteiger partial charge on any atom is 0.418 e. The third kappa shape index (κ3) is 1.65. The molecule has 0 saturated carbocycles. The Balaban J connectivity index is 2.75. The van der Waals surface area contributed by atoms with Crippen LogP contribution in [0.25, 0.3) is 5.65 Å². The maximum atomic E-state index is 12.4. The van der Waals surface area contributed by atoms with Crippen LogP contribution in [0.3, 0.4) is 0 Å². The van der Waals surface area contributed by atoms with E-state index < -0.39 is 16.8 Å². The van der Waals surface area contributed by atoms with Crippen LogP contribution in [0, 0.1) is 6.92 Å². The van der Waals surface area contributed by atoms with E-state index in [1.807, 2.05) is 0 Å². The Morgan fingerprint density at radius 2 is 2.07 bits per heavy atom. The number of hydrogen-bond donors (Lipinski definition) is 0. The predicted octanol–water partition coefficient (Wildman–Crippen LogP) is 2.71. The number of aromatic nitrogens is 3. The van der Waals surface area contributed by atoms with Gasteiger partial charge in [-0.25, -0.2) is 9.50 Å². The number of nitrogens with zero attached hydrogens (tertiary/aromatic N) is 3. The minimum Gasteiger partial charge on any atom is -0.219 e. The van der Waals surface area contributed by atoms with Crippen LogP contribution >= 0.6 is 11.6 Å². The topological polar surface area (TPSA) is 30.2 Å². The molecule has 0 unspecified atom stereocenters. The molecule has 0 aliphatic heterocycles.